The standard InChI is InChI=1S/C28H39N5O/c1-19(2)25-14-21(20(3)13-23(25)18-33-11-9-32(4)10-12-33)15-27-30-31-28(34-27)16-22-17-29-26-8-6-5-7-24(22)26/h5-8,13,17,19,21,23,25,29H,9-12,14-16,18H2,1-4H3. The molecule has 5 rings (SSSR count). The minimum Gasteiger partial charge on any atom is -0.425 e. The second-order valence-electron chi connectivity index (χ2n) is 10.8. The first-order valence-electron chi connectivity index (χ1n) is 12.9. The molecule has 3 heterocycles. The van der Waals surface area contributed by atoms with Gasteiger partial charge in [-0.25, -0.2) is 0 Å². The highest BCUT2D eigenvalue weighted by atomic mass is 16.4. The van der Waals surface area contributed by atoms with E-state index >= 15 is 0 Å². The number of aromatic nitrogens is 3. The van der Waals surface area contributed by atoms with Crippen LogP contribution in [-0.4, -0.2) is 64.8 Å². The summed E-state index contributed by atoms with van der Waals surface area (Å²) in [6.07, 6.45) is 7.33. The number of hydrogen-bond donors (Lipinski definition) is 1. The maximum Gasteiger partial charge on any atom is 0.221 e. The van der Waals surface area contributed by atoms with E-state index in [4.69, 9.17) is 4.42 Å². The first-order chi connectivity index (χ1) is 16.5. The van der Waals surface area contributed by atoms with E-state index in [2.05, 4.69) is 83.3 Å². The number of piperazine rings is 1. The molecule has 0 bridgehead atoms. The molecule has 0 saturated carbocycles. The molecule has 1 aromatic carbocycles. The maximum absolute atomic E-state index is 6.13. The molecule has 0 amide bonds. The number of para-hydroxylation sites is 1. The Labute approximate surface area is 203 Å². The number of hydrogen-bond acceptors (Lipinski definition) is 5. The Kier molecular flexibility index (Phi) is 6.89. The Morgan fingerprint density at radius 1 is 1.09 bits per heavy atom. The fourth-order valence-electron chi connectivity index (χ4n) is 5.91. The monoisotopic (exact) mass is 461 g/mol. The lowest BCUT2D eigenvalue weighted by molar-refractivity contribution is 0.112. The van der Waals surface area contributed by atoms with Gasteiger partial charge in [-0.1, -0.05) is 43.7 Å². The zero-order chi connectivity index (χ0) is 23.7. The van der Waals surface area contributed by atoms with Gasteiger partial charge in [0.1, 0.15) is 0 Å². The van der Waals surface area contributed by atoms with E-state index in [1.54, 1.807) is 0 Å². The number of nitrogens with one attached hydrogen (secondary N) is 1. The van der Waals surface area contributed by atoms with Crippen molar-refractivity contribution in [3.8, 4) is 0 Å². The lowest BCUT2D eigenvalue weighted by Crippen LogP contribution is -2.47. The number of rotatable bonds is 7. The quantitative estimate of drug-likeness (QED) is 0.513. The Hall–Kier alpha value is -2.44. The molecule has 3 unspecified atom stereocenters. The first kappa shape index (κ1) is 23.3. The Balaban J connectivity index is 1.25. The summed E-state index contributed by atoms with van der Waals surface area (Å²) in [6, 6.07) is 8.35. The van der Waals surface area contributed by atoms with Crippen LogP contribution in [0.5, 0.6) is 0 Å². The number of benzene rings is 1. The van der Waals surface area contributed by atoms with Crippen molar-refractivity contribution in [3.63, 3.8) is 0 Å². The van der Waals surface area contributed by atoms with Gasteiger partial charge in [0, 0.05) is 56.2 Å². The molecule has 182 valence electrons. The van der Waals surface area contributed by atoms with Gasteiger partial charge in [-0.05, 0) is 55.7 Å². The average molecular weight is 462 g/mol. The predicted octanol–water partition coefficient (Wildman–Crippen LogP) is 4.79. The van der Waals surface area contributed by atoms with Gasteiger partial charge in [0.05, 0.1) is 6.42 Å². The van der Waals surface area contributed by atoms with Crippen LogP contribution in [0.4, 0.5) is 0 Å². The van der Waals surface area contributed by atoms with E-state index in [1.165, 1.54) is 55.7 Å². The third-order valence-corrected chi connectivity index (χ3v) is 8.10. The van der Waals surface area contributed by atoms with Crippen LogP contribution in [0, 0.1) is 23.7 Å². The van der Waals surface area contributed by atoms with Crippen LogP contribution in [0.2, 0.25) is 0 Å². The summed E-state index contributed by atoms with van der Waals surface area (Å²) in [7, 11) is 2.23. The Morgan fingerprint density at radius 3 is 2.65 bits per heavy atom. The largest absolute Gasteiger partial charge is 0.425 e. The third-order valence-electron chi connectivity index (χ3n) is 8.10. The van der Waals surface area contributed by atoms with Crippen LogP contribution >= 0.6 is 0 Å². The smallest absolute Gasteiger partial charge is 0.221 e. The van der Waals surface area contributed by atoms with Gasteiger partial charge in [0.2, 0.25) is 11.8 Å². The molecule has 1 N–H and O–H groups in total. The normalized spacial score (nSPS) is 24.7. The van der Waals surface area contributed by atoms with Crippen LogP contribution in [0.15, 0.2) is 46.5 Å². The van der Waals surface area contributed by atoms with E-state index in [-0.39, 0.29) is 0 Å². The number of fused-ring (bicyclic) bond motifs is 1. The van der Waals surface area contributed by atoms with Crippen molar-refractivity contribution in [3.05, 3.63) is 59.5 Å². The van der Waals surface area contributed by atoms with E-state index in [9.17, 15) is 0 Å². The molecule has 2 aliphatic rings. The maximum atomic E-state index is 6.13. The summed E-state index contributed by atoms with van der Waals surface area (Å²) < 4.78 is 6.13. The van der Waals surface area contributed by atoms with Crippen LogP contribution < -0.4 is 0 Å². The molecule has 6 heteroatoms. The summed E-state index contributed by atoms with van der Waals surface area (Å²) in [5.41, 5.74) is 3.84. The summed E-state index contributed by atoms with van der Waals surface area (Å²) in [5, 5.41) is 10.0. The average Bonchev–Trinajstić information content (AvgIpc) is 3.44. The third kappa shape index (κ3) is 5.13. The summed E-state index contributed by atoms with van der Waals surface area (Å²) in [6.45, 7) is 13.0. The van der Waals surface area contributed by atoms with E-state index in [0.29, 0.717) is 36.0 Å². The molecule has 0 radical (unpaired) electrons. The molecule has 6 nitrogen and oxygen atoms in total. The molecule has 3 atom stereocenters. The highest BCUT2D eigenvalue weighted by Crippen LogP contribution is 2.39. The zero-order valence-corrected chi connectivity index (χ0v) is 21.1. The lowest BCUT2D eigenvalue weighted by atomic mass is 9.69. The number of aromatic amines is 1. The highest BCUT2D eigenvalue weighted by Gasteiger charge is 2.33. The molecule has 1 aliphatic heterocycles. The van der Waals surface area contributed by atoms with Crippen LogP contribution in [0.3, 0.4) is 0 Å². The van der Waals surface area contributed by atoms with Gasteiger partial charge in [-0.2, -0.15) is 0 Å². The van der Waals surface area contributed by atoms with Crippen molar-refractivity contribution in [2.45, 2.75) is 40.0 Å². The number of H-pyrrole nitrogens is 1. The number of likely N-dealkylation sites (N-methyl/N-ethyl adjacent to an activating group) is 1. The molecular weight excluding hydrogens is 422 g/mol. The first-order valence-corrected chi connectivity index (χ1v) is 12.9. The number of allylic oxidation sites excluding steroid dienone is 1. The van der Waals surface area contributed by atoms with Crippen molar-refractivity contribution in [1.82, 2.24) is 25.0 Å². The summed E-state index contributed by atoms with van der Waals surface area (Å²) in [4.78, 5) is 8.44. The minimum absolute atomic E-state index is 0.484. The van der Waals surface area contributed by atoms with Crippen molar-refractivity contribution < 1.29 is 4.42 Å². The molecule has 1 aliphatic carbocycles. The van der Waals surface area contributed by atoms with Gasteiger partial charge in [0.15, 0.2) is 0 Å². The molecule has 2 aromatic heterocycles. The fourth-order valence-corrected chi connectivity index (χ4v) is 5.91. The Bertz CT molecular complexity index is 1120. The molecular formula is C28H39N5O. The zero-order valence-electron chi connectivity index (χ0n) is 21.1. The lowest BCUT2D eigenvalue weighted by Gasteiger charge is -2.41. The minimum atomic E-state index is 0.484. The van der Waals surface area contributed by atoms with Gasteiger partial charge < -0.3 is 19.2 Å². The van der Waals surface area contributed by atoms with E-state index in [1.807, 2.05) is 6.07 Å². The van der Waals surface area contributed by atoms with Crippen molar-refractivity contribution in [1.29, 1.82) is 0 Å². The van der Waals surface area contributed by atoms with E-state index in [0.717, 1.165) is 17.8 Å². The van der Waals surface area contributed by atoms with Crippen LogP contribution in [0.1, 0.15) is 44.5 Å². The second-order valence-corrected chi connectivity index (χ2v) is 10.8. The summed E-state index contributed by atoms with van der Waals surface area (Å²) >= 11 is 0. The van der Waals surface area contributed by atoms with Gasteiger partial charge in [0.25, 0.3) is 0 Å². The van der Waals surface area contributed by atoms with Crippen molar-refractivity contribution >= 4 is 10.9 Å². The van der Waals surface area contributed by atoms with Gasteiger partial charge in [-0.3, -0.25) is 0 Å². The number of nitrogens with zero attached hydrogens (tertiary/aromatic N) is 4. The predicted molar refractivity (Wildman–Crippen MR) is 137 cm³/mol. The highest BCUT2D eigenvalue weighted by molar-refractivity contribution is 5.83. The van der Waals surface area contributed by atoms with Crippen molar-refractivity contribution in [2.75, 3.05) is 39.8 Å². The van der Waals surface area contributed by atoms with Gasteiger partial charge >= 0.3 is 0 Å². The Morgan fingerprint density at radius 2 is 1.85 bits per heavy atom. The molecule has 0 spiro atoms. The molecule has 1 saturated heterocycles. The second kappa shape index (κ2) is 10.0. The van der Waals surface area contributed by atoms with E-state index < -0.39 is 0 Å². The van der Waals surface area contributed by atoms with Crippen LogP contribution in [0.25, 0.3) is 10.9 Å². The topological polar surface area (TPSA) is 61.2 Å². The SMILES string of the molecule is CC1=CC(CN2CCN(C)CC2)C(C(C)C)CC1Cc1nnc(Cc2c[nH]c3ccccc23)o1. The molecule has 34 heavy (non-hydrogen) atoms. The van der Waals surface area contributed by atoms with Gasteiger partial charge in [-0.15, -0.1) is 10.2 Å². The fraction of sp³-hybridized carbons (Fsp3) is 0.571. The summed E-state index contributed by atoms with van der Waals surface area (Å²) in [5.74, 6) is 3.96. The molecule has 1 fully saturated rings. The van der Waals surface area contributed by atoms with Crippen molar-refractivity contribution in [2.24, 2.45) is 23.7 Å². The van der Waals surface area contributed by atoms with Crippen LogP contribution in [-0.2, 0) is 12.8 Å². The molecule has 3 aromatic rings.